The SMILES string of the molecule is CC1C(=O)[N+](C)(c2cc(Cl)cc(Cl)c2)C(=O)N1I. The highest BCUT2D eigenvalue weighted by Crippen LogP contribution is 2.36. The van der Waals surface area contributed by atoms with Crippen molar-refractivity contribution in [3.63, 3.8) is 0 Å². The molecular formula is C11H10Cl2IN2O2+. The smallest absolute Gasteiger partial charge is 0.227 e. The first-order valence-corrected chi connectivity index (χ1v) is 6.87. The van der Waals surface area contributed by atoms with Gasteiger partial charge in [-0.2, -0.15) is 0 Å². The summed E-state index contributed by atoms with van der Waals surface area (Å²) in [5.74, 6) is -0.201. The van der Waals surface area contributed by atoms with Crippen LogP contribution in [0.5, 0.6) is 0 Å². The van der Waals surface area contributed by atoms with Crippen LogP contribution in [0.1, 0.15) is 6.92 Å². The fourth-order valence-electron chi connectivity index (χ4n) is 1.96. The van der Waals surface area contributed by atoms with E-state index in [0.29, 0.717) is 15.7 Å². The number of halogens is 3. The molecule has 0 saturated carbocycles. The number of carbonyl (C=O) groups is 2. The number of urea groups is 1. The molecule has 0 aromatic heterocycles. The van der Waals surface area contributed by atoms with E-state index in [9.17, 15) is 9.59 Å². The van der Waals surface area contributed by atoms with Gasteiger partial charge in [-0.15, -0.1) is 4.48 Å². The summed E-state index contributed by atoms with van der Waals surface area (Å²) in [4.78, 5) is 24.5. The van der Waals surface area contributed by atoms with E-state index < -0.39 is 10.5 Å². The molecule has 1 aliphatic rings. The van der Waals surface area contributed by atoms with Crippen LogP contribution in [0.2, 0.25) is 10.0 Å². The first-order chi connectivity index (χ1) is 8.28. The molecule has 1 fully saturated rings. The van der Waals surface area contributed by atoms with Crippen LogP contribution in [0.25, 0.3) is 0 Å². The molecule has 0 radical (unpaired) electrons. The number of carbonyl (C=O) groups excluding carboxylic acids is 2. The molecule has 7 heteroatoms. The highest BCUT2D eigenvalue weighted by Gasteiger charge is 2.57. The second-order valence-corrected chi connectivity index (χ2v) is 6.15. The molecule has 2 unspecified atom stereocenters. The highest BCUT2D eigenvalue weighted by atomic mass is 127. The Morgan fingerprint density at radius 1 is 1.22 bits per heavy atom. The molecule has 0 spiro atoms. The molecule has 3 amide bonds. The van der Waals surface area contributed by atoms with Gasteiger partial charge in [-0.1, -0.05) is 23.2 Å². The van der Waals surface area contributed by atoms with Crippen LogP contribution >= 0.6 is 46.1 Å². The van der Waals surface area contributed by atoms with E-state index >= 15 is 0 Å². The normalized spacial score (nSPS) is 28.1. The van der Waals surface area contributed by atoms with Crippen molar-refractivity contribution in [3.8, 4) is 0 Å². The van der Waals surface area contributed by atoms with E-state index in [1.165, 1.54) is 3.11 Å². The summed E-state index contributed by atoms with van der Waals surface area (Å²) >= 11 is 13.7. The van der Waals surface area contributed by atoms with E-state index in [1.807, 2.05) is 22.9 Å². The largest absolute Gasteiger partial charge is 0.441 e. The molecular weight excluding hydrogens is 390 g/mol. The number of benzene rings is 1. The van der Waals surface area contributed by atoms with Crippen LogP contribution in [-0.4, -0.2) is 28.1 Å². The maximum atomic E-state index is 12.3. The topological polar surface area (TPSA) is 37.4 Å². The molecule has 0 bridgehead atoms. The van der Waals surface area contributed by atoms with E-state index in [-0.39, 0.29) is 11.9 Å². The number of nitrogens with zero attached hydrogens (tertiary/aromatic N) is 2. The van der Waals surface area contributed by atoms with Crippen molar-refractivity contribution in [1.29, 1.82) is 0 Å². The third-order valence-corrected chi connectivity index (χ3v) is 4.75. The minimum atomic E-state index is -0.471. The lowest BCUT2D eigenvalue weighted by Gasteiger charge is -2.22. The Hall–Kier alpha value is -0.370. The summed E-state index contributed by atoms with van der Waals surface area (Å²) in [6.45, 7) is 1.70. The van der Waals surface area contributed by atoms with Gasteiger partial charge in [0.05, 0.1) is 29.9 Å². The minimum Gasteiger partial charge on any atom is -0.227 e. The number of rotatable bonds is 1. The van der Waals surface area contributed by atoms with Crippen LogP contribution in [0.3, 0.4) is 0 Å². The Kier molecular flexibility index (Phi) is 3.61. The molecule has 1 aliphatic heterocycles. The third-order valence-electron chi connectivity index (χ3n) is 3.07. The summed E-state index contributed by atoms with van der Waals surface area (Å²) in [7, 11) is 1.56. The molecule has 1 aromatic carbocycles. The molecule has 1 aromatic rings. The third kappa shape index (κ3) is 1.93. The van der Waals surface area contributed by atoms with Gasteiger partial charge in [0.1, 0.15) is 0 Å². The van der Waals surface area contributed by atoms with Gasteiger partial charge in [-0.3, -0.25) is 0 Å². The number of hydrogen-bond acceptors (Lipinski definition) is 2. The lowest BCUT2D eigenvalue weighted by Crippen LogP contribution is -2.51. The van der Waals surface area contributed by atoms with Gasteiger partial charge < -0.3 is 0 Å². The van der Waals surface area contributed by atoms with E-state index in [2.05, 4.69) is 0 Å². The van der Waals surface area contributed by atoms with Crippen LogP contribution in [0.4, 0.5) is 10.5 Å². The van der Waals surface area contributed by atoms with Gasteiger partial charge in [0.2, 0.25) is 0 Å². The van der Waals surface area contributed by atoms with Gasteiger partial charge in [0, 0.05) is 22.2 Å². The Morgan fingerprint density at radius 3 is 2.11 bits per heavy atom. The van der Waals surface area contributed by atoms with Crippen LogP contribution in [-0.2, 0) is 4.79 Å². The molecule has 1 heterocycles. The summed E-state index contributed by atoms with van der Waals surface area (Å²) in [6, 6.07) is 3.97. The van der Waals surface area contributed by atoms with Gasteiger partial charge in [-0.05, 0) is 13.0 Å². The van der Waals surface area contributed by atoms with Crippen molar-refractivity contribution in [1.82, 2.24) is 7.60 Å². The maximum absolute atomic E-state index is 12.3. The maximum Gasteiger partial charge on any atom is 0.441 e. The second kappa shape index (κ2) is 4.63. The number of amides is 3. The van der Waals surface area contributed by atoms with E-state index in [4.69, 9.17) is 23.2 Å². The van der Waals surface area contributed by atoms with E-state index in [1.54, 1.807) is 32.2 Å². The van der Waals surface area contributed by atoms with Crippen molar-refractivity contribution < 1.29 is 9.59 Å². The molecule has 4 nitrogen and oxygen atoms in total. The van der Waals surface area contributed by atoms with Crippen LogP contribution < -0.4 is 4.48 Å². The molecule has 2 atom stereocenters. The first kappa shape index (κ1) is 14.0. The summed E-state index contributed by atoms with van der Waals surface area (Å²) in [5, 5.41) is 0.800. The summed E-state index contributed by atoms with van der Waals surface area (Å²) < 4.78 is 0.958. The van der Waals surface area contributed by atoms with Gasteiger partial charge in [0.15, 0.2) is 11.7 Å². The number of likely N-dealkylation sites (N-methyl/N-ethyl adjacent to an activating group) is 1. The predicted octanol–water partition coefficient (Wildman–Crippen LogP) is 3.63. The van der Waals surface area contributed by atoms with Crippen molar-refractivity contribution in [2.24, 2.45) is 0 Å². The Labute approximate surface area is 129 Å². The Morgan fingerprint density at radius 2 is 1.72 bits per heavy atom. The predicted molar refractivity (Wildman–Crippen MR) is 79.9 cm³/mol. The number of imide groups is 1. The van der Waals surface area contributed by atoms with Gasteiger partial charge in [-0.25, -0.2) is 12.7 Å². The van der Waals surface area contributed by atoms with Crippen molar-refractivity contribution in [2.45, 2.75) is 13.0 Å². The average molecular weight is 400 g/mol. The average Bonchev–Trinajstić information content (AvgIpc) is 2.45. The Balaban J connectivity index is 2.61. The van der Waals surface area contributed by atoms with Crippen molar-refractivity contribution >= 4 is 63.7 Å². The van der Waals surface area contributed by atoms with Crippen LogP contribution in [0.15, 0.2) is 18.2 Å². The Bertz CT molecular complexity index is 510. The number of hydrogen-bond donors (Lipinski definition) is 0. The quantitative estimate of drug-likeness (QED) is 0.313. The lowest BCUT2D eigenvalue weighted by molar-refractivity contribution is -0.126. The molecule has 2 rings (SSSR count). The molecule has 0 aliphatic carbocycles. The summed E-state index contributed by atoms with van der Waals surface area (Å²) in [5.41, 5.74) is 0.480. The molecule has 18 heavy (non-hydrogen) atoms. The van der Waals surface area contributed by atoms with Crippen LogP contribution in [0, 0.1) is 0 Å². The standard InChI is InChI=1S/C11H10Cl2IN2O2/c1-6-10(17)16(2,11(18)15(6)14)9-4-7(12)3-8(13)5-9/h3-6H,1-2H3/q+1. The highest BCUT2D eigenvalue weighted by molar-refractivity contribution is 14.1. The monoisotopic (exact) mass is 399 g/mol. The second-order valence-electron chi connectivity index (χ2n) is 4.24. The lowest BCUT2D eigenvalue weighted by atomic mass is 10.2. The first-order valence-electron chi connectivity index (χ1n) is 5.15. The summed E-state index contributed by atoms with van der Waals surface area (Å²) in [6.07, 6.45) is 0. The zero-order chi connectivity index (χ0) is 13.7. The van der Waals surface area contributed by atoms with Gasteiger partial charge >= 0.3 is 11.9 Å². The van der Waals surface area contributed by atoms with Crippen molar-refractivity contribution in [3.05, 3.63) is 28.2 Å². The molecule has 0 N–H and O–H groups in total. The molecule has 96 valence electrons. The number of quaternary nitrogens is 1. The van der Waals surface area contributed by atoms with Gasteiger partial charge in [0.25, 0.3) is 0 Å². The fraction of sp³-hybridized carbons (Fsp3) is 0.273. The zero-order valence-electron chi connectivity index (χ0n) is 9.65. The fourth-order valence-corrected chi connectivity index (χ4v) is 3.14. The molecule has 1 saturated heterocycles. The van der Waals surface area contributed by atoms with E-state index in [0.717, 1.165) is 0 Å². The minimum absolute atomic E-state index is 0.201. The zero-order valence-corrected chi connectivity index (χ0v) is 13.3. The van der Waals surface area contributed by atoms with Crippen molar-refractivity contribution in [2.75, 3.05) is 7.05 Å².